The molecule has 0 N–H and O–H groups in total. The van der Waals surface area contributed by atoms with Gasteiger partial charge in [0.15, 0.2) is 0 Å². The van der Waals surface area contributed by atoms with Crippen LogP contribution in [0.15, 0.2) is 0 Å². The number of rotatable bonds is 2. The summed E-state index contributed by atoms with van der Waals surface area (Å²) in [4.78, 5) is 11.3. The minimum absolute atomic E-state index is 0.0486. The zero-order chi connectivity index (χ0) is 11.5. The molecule has 0 amide bonds. The van der Waals surface area contributed by atoms with Crippen LogP contribution in [-0.4, -0.2) is 18.8 Å². The van der Waals surface area contributed by atoms with Crippen LogP contribution < -0.4 is 0 Å². The van der Waals surface area contributed by atoms with Gasteiger partial charge in [0.25, 0.3) is 0 Å². The van der Waals surface area contributed by atoms with Gasteiger partial charge in [-0.3, -0.25) is 4.79 Å². The molecule has 2 nitrogen and oxygen atoms in total. The molecule has 0 unspecified atom stereocenters. The van der Waals surface area contributed by atoms with E-state index in [0.717, 1.165) is 0 Å². The van der Waals surface area contributed by atoms with Gasteiger partial charge in [-0.05, 0) is 19.8 Å². The predicted octanol–water partition coefficient (Wildman–Crippen LogP) is 2.92. The molecule has 0 spiro atoms. The molecule has 0 bridgehead atoms. The first-order chi connectivity index (χ1) is 6.96. The fourth-order valence-electron chi connectivity index (χ4n) is 2.05. The highest BCUT2D eigenvalue weighted by Gasteiger charge is 2.48. The van der Waals surface area contributed by atoms with E-state index >= 15 is 0 Å². The molecule has 1 rings (SSSR count). The van der Waals surface area contributed by atoms with Crippen molar-refractivity contribution >= 4 is 5.97 Å². The lowest BCUT2D eigenvalue weighted by Gasteiger charge is -2.31. The van der Waals surface area contributed by atoms with E-state index in [4.69, 9.17) is 0 Å². The standard InChI is InChI=1S/C10H15F3O2/c1-2-15-9(14)7-5-3-4-6-8(7)10(11,12)13/h7-8H,2-6H2,1H3/t7-,8+/m1/s1. The molecule has 0 aromatic heterocycles. The van der Waals surface area contributed by atoms with E-state index in [0.29, 0.717) is 19.3 Å². The number of ether oxygens (including phenoxy) is 1. The number of hydrogen-bond donors (Lipinski definition) is 0. The van der Waals surface area contributed by atoms with Crippen molar-refractivity contribution in [2.75, 3.05) is 6.61 Å². The van der Waals surface area contributed by atoms with E-state index in [1.165, 1.54) is 0 Å². The number of carbonyl (C=O) groups is 1. The molecule has 88 valence electrons. The predicted molar refractivity (Wildman–Crippen MR) is 48.1 cm³/mol. The Hall–Kier alpha value is -0.740. The first-order valence-electron chi connectivity index (χ1n) is 5.20. The molecule has 1 aliphatic carbocycles. The van der Waals surface area contributed by atoms with Gasteiger partial charge >= 0.3 is 12.1 Å². The van der Waals surface area contributed by atoms with Crippen molar-refractivity contribution in [3.05, 3.63) is 0 Å². The molecule has 2 atom stereocenters. The fraction of sp³-hybridized carbons (Fsp3) is 0.900. The summed E-state index contributed by atoms with van der Waals surface area (Å²) in [7, 11) is 0. The summed E-state index contributed by atoms with van der Waals surface area (Å²) in [6.45, 7) is 1.74. The average molecular weight is 224 g/mol. The number of halogens is 3. The lowest BCUT2D eigenvalue weighted by molar-refractivity contribution is -0.204. The lowest BCUT2D eigenvalue weighted by Crippen LogP contribution is -2.38. The molecule has 5 heteroatoms. The first kappa shape index (κ1) is 12.3. The third kappa shape index (κ3) is 3.11. The third-order valence-corrected chi connectivity index (χ3v) is 2.78. The normalized spacial score (nSPS) is 27.5. The minimum Gasteiger partial charge on any atom is -0.466 e. The first-order valence-corrected chi connectivity index (χ1v) is 5.20. The fourth-order valence-corrected chi connectivity index (χ4v) is 2.05. The third-order valence-electron chi connectivity index (χ3n) is 2.78. The molecule has 0 radical (unpaired) electrons. The zero-order valence-electron chi connectivity index (χ0n) is 8.64. The van der Waals surface area contributed by atoms with Crippen LogP contribution in [0.2, 0.25) is 0 Å². The smallest absolute Gasteiger partial charge is 0.392 e. The highest BCUT2D eigenvalue weighted by atomic mass is 19.4. The maximum absolute atomic E-state index is 12.6. The van der Waals surface area contributed by atoms with Gasteiger partial charge < -0.3 is 4.74 Å². The van der Waals surface area contributed by atoms with Gasteiger partial charge in [-0.15, -0.1) is 0 Å². The van der Waals surface area contributed by atoms with Crippen molar-refractivity contribution in [2.45, 2.75) is 38.8 Å². The van der Waals surface area contributed by atoms with Crippen molar-refractivity contribution < 1.29 is 22.7 Å². The van der Waals surface area contributed by atoms with Gasteiger partial charge in [0.2, 0.25) is 0 Å². The molecule has 1 aliphatic rings. The maximum Gasteiger partial charge on any atom is 0.392 e. The van der Waals surface area contributed by atoms with Crippen molar-refractivity contribution in [3.63, 3.8) is 0 Å². The zero-order valence-corrected chi connectivity index (χ0v) is 8.64. The van der Waals surface area contributed by atoms with Gasteiger partial charge in [0.05, 0.1) is 18.4 Å². The molecule has 0 aromatic carbocycles. The number of alkyl halides is 3. The molecule has 15 heavy (non-hydrogen) atoms. The van der Waals surface area contributed by atoms with E-state index in [2.05, 4.69) is 4.74 Å². The Morgan fingerprint density at radius 2 is 1.93 bits per heavy atom. The highest BCUT2D eigenvalue weighted by molar-refractivity contribution is 5.73. The lowest BCUT2D eigenvalue weighted by atomic mass is 9.79. The summed E-state index contributed by atoms with van der Waals surface area (Å²) in [5.74, 6) is -3.19. The molecule has 1 saturated carbocycles. The Kier molecular flexibility index (Phi) is 3.99. The van der Waals surface area contributed by atoms with Crippen LogP contribution in [-0.2, 0) is 9.53 Å². The van der Waals surface area contributed by atoms with Crippen molar-refractivity contribution in [3.8, 4) is 0 Å². The van der Waals surface area contributed by atoms with E-state index in [1.807, 2.05) is 0 Å². The molecule has 0 aliphatic heterocycles. The topological polar surface area (TPSA) is 26.3 Å². The second kappa shape index (κ2) is 4.86. The number of hydrogen-bond acceptors (Lipinski definition) is 2. The molecule has 0 heterocycles. The Labute approximate surface area is 86.8 Å². The molecule has 0 saturated heterocycles. The number of carbonyl (C=O) groups excluding carboxylic acids is 1. The summed E-state index contributed by atoms with van der Waals surface area (Å²) in [6.07, 6.45) is -2.72. The van der Waals surface area contributed by atoms with Crippen LogP contribution >= 0.6 is 0 Å². The Bertz CT molecular complexity index is 225. The Morgan fingerprint density at radius 3 is 2.47 bits per heavy atom. The molecular weight excluding hydrogens is 209 g/mol. The monoisotopic (exact) mass is 224 g/mol. The quantitative estimate of drug-likeness (QED) is 0.674. The molecule has 0 aromatic rings. The van der Waals surface area contributed by atoms with Crippen LogP contribution in [0.25, 0.3) is 0 Å². The van der Waals surface area contributed by atoms with E-state index in [1.54, 1.807) is 6.92 Å². The van der Waals surface area contributed by atoms with Gasteiger partial charge in [-0.25, -0.2) is 0 Å². The second-order valence-corrected chi connectivity index (χ2v) is 3.79. The molecule has 1 fully saturated rings. The largest absolute Gasteiger partial charge is 0.466 e. The van der Waals surface area contributed by atoms with E-state index in [9.17, 15) is 18.0 Å². The maximum atomic E-state index is 12.6. The highest BCUT2D eigenvalue weighted by Crippen LogP contribution is 2.41. The van der Waals surface area contributed by atoms with Crippen molar-refractivity contribution in [1.82, 2.24) is 0 Å². The van der Waals surface area contributed by atoms with Crippen molar-refractivity contribution in [2.24, 2.45) is 11.8 Å². The van der Waals surface area contributed by atoms with Crippen molar-refractivity contribution in [1.29, 1.82) is 0 Å². The minimum atomic E-state index is -4.28. The van der Waals surface area contributed by atoms with Crippen LogP contribution in [0.4, 0.5) is 13.2 Å². The summed E-state index contributed by atoms with van der Waals surface area (Å²) in [5, 5.41) is 0. The van der Waals surface area contributed by atoms with E-state index in [-0.39, 0.29) is 13.0 Å². The average Bonchev–Trinajstić information content (AvgIpc) is 2.17. The second-order valence-electron chi connectivity index (χ2n) is 3.79. The van der Waals surface area contributed by atoms with Gasteiger partial charge in [0.1, 0.15) is 0 Å². The summed E-state index contributed by atoms with van der Waals surface area (Å²) in [6, 6.07) is 0. The summed E-state index contributed by atoms with van der Waals surface area (Å²) < 4.78 is 42.4. The van der Waals surface area contributed by atoms with Gasteiger partial charge in [0, 0.05) is 0 Å². The Morgan fingerprint density at radius 1 is 1.33 bits per heavy atom. The Balaban J connectivity index is 2.70. The number of esters is 1. The van der Waals surface area contributed by atoms with Crippen LogP contribution in [0, 0.1) is 11.8 Å². The van der Waals surface area contributed by atoms with Crippen LogP contribution in [0.1, 0.15) is 32.6 Å². The van der Waals surface area contributed by atoms with Gasteiger partial charge in [-0.2, -0.15) is 13.2 Å². The SMILES string of the molecule is CCOC(=O)[C@@H]1CCCC[C@@H]1C(F)(F)F. The molecular formula is C10H15F3O2. The summed E-state index contributed by atoms with van der Waals surface area (Å²) >= 11 is 0. The van der Waals surface area contributed by atoms with Gasteiger partial charge in [-0.1, -0.05) is 12.8 Å². The van der Waals surface area contributed by atoms with Crippen LogP contribution in [0.3, 0.4) is 0 Å². The van der Waals surface area contributed by atoms with Crippen LogP contribution in [0.5, 0.6) is 0 Å². The summed E-state index contributed by atoms with van der Waals surface area (Å²) in [5.41, 5.74) is 0. The van der Waals surface area contributed by atoms with E-state index < -0.39 is 24.0 Å².